The summed E-state index contributed by atoms with van der Waals surface area (Å²) in [5.41, 5.74) is 2.54. The Balaban J connectivity index is 1.53. The number of benzene rings is 1. The molecule has 1 aromatic heterocycles. The Labute approximate surface area is 152 Å². The lowest BCUT2D eigenvalue weighted by atomic mass is 9.75. The molecule has 3 atom stereocenters. The molecule has 6 rings (SSSR count). The molecular weight excluding hydrogens is 328 g/mol. The average Bonchev–Trinajstić information content (AvgIpc) is 3.27. The predicted molar refractivity (Wildman–Crippen MR) is 97.1 cm³/mol. The first-order valence-electron chi connectivity index (χ1n) is 9.48. The fourth-order valence-corrected chi connectivity index (χ4v) is 5.38. The van der Waals surface area contributed by atoms with Crippen molar-refractivity contribution in [2.24, 2.45) is 5.92 Å². The van der Waals surface area contributed by atoms with Crippen molar-refractivity contribution in [3.63, 3.8) is 0 Å². The van der Waals surface area contributed by atoms with Crippen LogP contribution >= 0.6 is 0 Å². The Morgan fingerprint density at radius 3 is 2.73 bits per heavy atom. The summed E-state index contributed by atoms with van der Waals surface area (Å²) in [5, 5.41) is 17.0. The van der Waals surface area contributed by atoms with Crippen molar-refractivity contribution in [3.8, 4) is 5.75 Å². The molecule has 26 heavy (non-hydrogen) atoms. The zero-order valence-electron chi connectivity index (χ0n) is 14.9. The zero-order chi connectivity index (χ0) is 17.8. The van der Waals surface area contributed by atoms with Gasteiger partial charge in [-0.1, -0.05) is 12.1 Å². The van der Waals surface area contributed by atoms with Gasteiger partial charge in [-0.15, -0.1) is 0 Å². The Bertz CT molecular complexity index is 840. The lowest BCUT2D eigenvalue weighted by Gasteiger charge is -2.51. The van der Waals surface area contributed by atoms with Crippen LogP contribution in [0.3, 0.4) is 0 Å². The van der Waals surface area contributed by atoms with Gasteiger partial charge in [-0.2, -0.15) is 5.10 Å². The number of carbonyl (C=O) groups is 1. The maximum atomic E-state index is 13.2. The minimum absolute atomic E-state index is 0.0285. The smallest absolute Gasteiger partial charge is 0.274 e. The van der Waals surface area contributed by atoms with Crippen LogP contribution in [0.5, 0.6) is 5.75 Å². The van der Waals surface area contributed by atoms with Crippen LogP contribution in [0.15, 0.2) is 30.3 Å². The number of carbonyl (C=O) groups excluding carboxylic acids is 1. The van der Waals surface area contributed by atoms with E-state index in [9.17, 15) is 9.90 Å². The topological polar surface area (TPSA) is 72.5 Å². The molecule has 5 heterocycles. The van der Waals surface area contributed by atoms with Crippen LogP contribution < -0.4 is 0 Å². The highest BCUT2D eigenvalue weighted by molar-refractivity contribution is 5.93. The van der Waals surface area contributed by atoms with Gasteiger partial charge < -0.3 is 10.0 Å². The van der Waals surface area contributed by atoms with Crippen molar-refractivity contribution in [1.29, 1.82) is 0 Å². The molecule has 2 N–H and O–H groups in total. The molecule has 136 valence electrons. The van der Waals surface area contributed by atoms with Crippen molar-refractivity contribution < 1.29 is 9.90 Å². The number of hydrogen-bond donors (Lipinski definition) is 2. The Kier molecular flexibility index (Phi) is 3.57. The van der Waals surface area contributed by atoms with Crippen LogP contribution in [0, 0.1) is 12.8 Å². The molecule has 0 saturated carbocycles. The number of aromatic hydroxyl groups is 1. The van der Waals surface area contributed by atoms with E-state index in [0.717, 1.165) is 37.2 Å². The highest BCUT2D eigenvalue weighted by atomic mass is 16.3. The third-order valence-electron chi connectivity index (χ3n) is 6.48. The number of fused-ring (bicyclic) bond motifs is 2. The quantitative estimate of drug-likeness (QED) is 0.868. The molecule has 4 saturated heterocycles. The second kappa shape index (κ2) is 5.84. The van der Waals surface area contributed by atoms with E-state index in [1.54, 1.807) is 6.07 Å². The Morgan fingerprint density at radius 1 is 1.23 bits per heavy atom. The molecule has 0 radical (unpaired) electrons. The normalized spacial score (nSPS) is 32.7. The van der Waals surface area contributed by atoms with Crippen LogP contribution in [-0.4, -0.2) is 62.7 Å². The molecular formula is C20H24N4O2. The van der Waals surface area contributed by atoms with Crippen molar-refractivity contribution in [2.75, 3.05) is 19.6 Å². The van der Waals surface area contributed by atoms with Crippen molar-refractivity contribution in [3.05, 3.63) is 47.3 Å². The van der Waals surface area contributed by atoms with E-state index in [0.29, 0.717) is 29.9 Å². The third-order valence-corrected chi connectivity index (χ3v) is 6.48. The molecule has 1 amide bonds. The van der Waals surface area contributed by atoms with E-state index in [4.69, 9.17) is 0 Å². The lowest BCUT2D eigenvalue weighted by molar-refractivity contribution is -0.00359. The molecule has 0 unspecified atom stereocenters. The summed E-state index contributed by atoms with van der Waals surface area (Å²) in [4.78, 5) is 17.8. The van der Waals surface area contributed by atoms with Gasteiger partial charge in [0.1, 0.15) is 11.4 Å². The van der Waals surface area contributed by atoms with Gasteiger partial charge in [0, 0.05) is 24.2 Å². The number of amides is 1. The lowest BCUT2D eigenvalue weighted by Crippen LogP contribution is -2.60. The average molecular weight is 352 g/mol. The zero-order valence-corrected chi connectivity index (χ0v) is 14.9. The van der Waals surface area contributed by atoms with E-state index < -0.39 is 0 Å². The highest BCUT2D eigenvalue weighted by Crippen LogP contribution is 2.47. The van der Waals surface area contributed by atoms with Gasteiger partial charge in [0.2, 0.25) is 0 Å². The van der Waals surface area contributed by atoms with Gasteiger partial charge in [0.05, 0.1) is 6.04 Å². The maximum absolute atomic E-state index is 13.2. The first-order valence-corrected chi connectivity index (χ1v) is 9.48. The van der Waals surface area contributed by atoms with E-state index >= 15 is 0 Å². The van der Waals surface area contributed by atoms with Crippen LogP contribution in [0.2, 0.25) is 0 Å². The molecule has 1 aromatic carbocycles. The van der Waals surface area contributed by atoms with Crippen LogP contribution in [0.25, 0.3) is 0 Å². The van der Waals surface area contributed by atoms with Gasteiger partial charge in [0.25, 0.3) is 5.91 Å². The van der Waals surface area contributed by atoms with Gasteiger partial charge >= 0.3 is 0 Å². The summed E-state index contributed by atoms with van der Waals surface area (Å²) in [5.74, 6) is 1.12. The third kappa shape index (κ3) is 2.35. The van der Waals surface area contributed by atoms with E-state index in [1.165, 1.54) is 0 Å². The van der Waals surface area contributed by atoms with Crippen molar-refractivity contribution in [2.45, 2.75) is 37.8 Å². The number of phenolic OH excluding ortho intramolecular Hbond substituents is 1. The number of aryl methyl sites for hydroxylation is 1. The summed E-state index contributed by atoms with van der Waals surface area (Å²) in [6.07, 6.45) is 2.33. The molecule has 4 fully saturated rings. The number of piperidine rings is 3. The van der Waals surface area contributed by atoms with Gasteiger partial charge in [0.15, 0.2) is 0 Å². The highest BCUT2D eigenvalue weighted by Gasteiger charge is 2.54. The first-order chi connectivity index (χ1) is 12.6. The molecule has 2 bridgehead atoms. The van der Waals surface area contributed by atoms with E-state index in [2.05, 4.69) is 26.1 Å². The van der Waals surface area contributed by atoms with Crippen LogP contribution in [0.1, 0.15) is 40.5 Å². The second-order valence-electron chi connectivity index (χ2n) is 7.95. The maximum Gasteiger partial charge on any atom is 0.274 e. The van der Waals surface area contributed by atoms with Gasteiger partial charge in [-0.25, -0.2) is 0 Å². The fourth-order valence-electron chi connectivity index (χ4n) is 5.38. The Hall–Kier alpha value is -2.34. The molecule has 4 aliphatic rings. The summed E-state index contributed by atoms with van der Waals surface area (Å²) in [6, 6.07) is 9.97. The molecule has 0 spiro atoms. The van der Waals surface area contributed by atoms with Crippen LogP contribution in [-0.2, 0) is 0 Å². The predicted octanol–water partition coefficient (Wildman–Crippen LogP) is 2.13. The fraction of sp³-hybridized carbons (Fsp3) is 0.500. The number of nitrogens with one attached hydrogen (secondary N) is 1. The second-order valence-corrected chi connectivity index (χ2v) is 7.95. The SMILES string of the molecule is Cc1cc(C(=O)N2C[C@@H](c3cccc(O)c3)[C@@H]3[C@H]2C2CCN3CC2)n[nH]1. The minimum Gasteiger partial charge on any atom is -0.508 e. The monoisotopic (exact) mass is 352 g/mol. The summed E-state index contributed by atoms with van der Waals surface area (Å²) in [7, 11) is 0. The number of phenols is 1. The summed E-state index contributed by atoms with van der Waals surface area (Å²) >= 11 is 0. The van der Waals surface area contributed by atoms with Gasteiger partial charge in [-0.05, 0) is 62.5 Å². The number of H-pyrrole nitrogens is 1. The number of hydrogen-bond acceptors (Lipinski definition) is 4. The standard InChI is InChI=1S/C20H24N4O2/c1-12-9-17(22-21-12)20(26)24-11-16(14-3-2-4-15(25)10-14)19-18(24)13-5-7-23(19)8-6-13/h2-4,9-10,13,16,18-19,25H,5-8,11H2,1H3,(H,21,22)/t16-,18+,19+/m0/s1. The van der Waals surface area contributed by atoms with Crippen LogP contribution in [0.4, 0.5) is 0 Å². The molecule has 0 aliphatic carbocycles. The van der Waals surface area contributed by atoms with E-state index in [-0.39, 0.29) is 17.9 Å². The molecule has 6 heteroatoms. The van der Waals surface area contributed by atoms with Gasteiger partial charge in [-0.3, -0.25) is 14.8 Å². The molecule has 6 nitrogen and oxygen atoms in total. The number of aromatic nitrogens is 2. The minimum atomic E-state index is 0.0285. The number of likely N-dealkylation sites (tertiary alicyclic amines) is 1. The summed E-state index contributed by atoms with van der Waals surface area (Å²) < 4.78 is 0. The number of nitrogens with zero attached hydrogens (tertiary/aromatic N) is 3. The Morgan fingerprint density at radius 2 is 2.04 bits per heavy atom. The summed E-state index contributed by atoms with van der Waals surface area (Å²) in [6.45, 7) is 4.84. The largest absolute Gasteiger partial charge is 0.508 e. The molecule has 2 aromatic rings. The van der Waals surface area contributed by atoms with Crippen molar-refractivity contribution >= 4 is 5.91 Å². The van der Waals surface area contributed by atoms with E-state index in [1.807, 2.05) is 25.1 Å². The molecule has 4 aliphatic heterocycles. The number of aromatic amines is 1. The number of rotatable bonds is 2. The first kappa shape index (κ1) is 15.9. The van der Waals surface area contributed by atoms with Crippen molar-refractivity contribution in [1.82, 2.24) is 20.0 Å².